The molecule has 0 aliphatic heterocycles. The van der Waals surface area contributed by atoms with Gasteiger partial charge in [-0.25, -0.2) is 13.5 Å². The first-order valence-corrected chi connectivity index (χ1v) is 7.37. The fraction of sp³-hybridized carbons (Fsp3) is 0.375. The van der Waals surface area contributed by atoms with E-state index in [2.05, 4.69) is 10.4 Å². The lowest BCUT2D eigenvalue weighted by molar-refractivity contribution is 0.102. The number of hydrogen-bond acceptors (Lipinski definition) is 2. The molecule has 2 aromatic rings. The molecule has 1 amide bonds. The summed E-state index contributed by atoms with van der Waals surface area (Å²) in [7, 11) is 0. The summed E-state index contributed by atoms with van der Waals surface area (Å²) in [4.78, 5) is 12.2. The number of nitrogens with zero attached hydrogens (tertiary/aromatic N) is 2. The molecular weight excluding hydrogens is 288 g/mol. The zero-order valence-electron chi connectivity index (χ0n) is 12.3. The van der Waals surface area contributed by atoms with Crippen molar-refractivity contribution in [3.05, 3.63) is 47.2 Å². The topological polar surface area (TPSA) is 46.9 Å². The summed E-state index contributed by atoms with van der Waals surface area (Å²) in [5, 5.41) is 6.99. The monoisotopic (exact) mass is 305 g/mol. The molecule has 0 spiro atoms. The van der Waals surface area contributed by atoms with Gasteiger partial charge >= 0.3 is 0 Å². The van der Waals surface area contributed by atoms with E-state index >= 15 is 0 Å². The number of carbonyl (C=O) groups excluding carboxylic acids is 1. The van der Waals surface area contributed by atoms with E-state index in [1.165, 1.54) is 12.1 Å². The van der Waals surface area contributed by atoms with Crippen LogP contribution in [0.5, 0.6) is 0 Å². The number of aryl methyl sites for hydroxylation is 1. The summed E-state index contributed by atoms with van der Waals surface area (Å²) in [6.45, 7) is 1.83. The Bertz CT molecular complexity index is 705. The average molecular weight is 305 g/mol. The molecule has 6 heteroatoms. The molecule has 1 aromatic heterocycles. The van der Waals surface area contributed by atoms with E-state index in [1.807, 2.05) is 6.92 Å². The van der Waals surface area contributed by atoms with Crippen LogP contribution in [0.25, 0.3) is 0 Å². The number of carbonyl (C=O) groups is 1. The molecule has 0 bridgehead atoms. The quantitative estimate of drug-likeness (QED) is 0.936. The van der Waals surface area contributed by atoms with Crippen molar-refractivity contribution < 1.29 is 13.6 Å². The highest BCUT2D eigenvalue weighted by molar-refractivity contribution is 6.04. The van der Waals surface area contributed by atoms with Crippen LogP contribution in [0.15, 0.2) is 24.4 Å². The fourth-order valence-corrected chi connectivity index (χ4v) is 2.88. The summed E-state index contributed by atoms with van der Waals surface area (Å²) in [6, 6.07) is 3.81. The zero-order chi connectivity index (χ0) is 15.7. The van der Waals surface area contributed by atoms with Gasteiger partial charge < -0.3 is 5.32 Å². The number of aromatic nitrogens is 2. The second kappa shape index (κ2) is 5.87. The van der Waals surface area contributed by atoms with E-state index < -0.39 is 17.5 Å². The van der Waals surface area contributed by atoms with E-state index in [0.717, 1.165) is 37.3 Å². The van der Waals surface area contributed by atoms with Gasteiger partial charge in [0.05, 0.1) is 17.8 Å². The normalized spacial score (nSPS) is 15.2. The second-order valence-corrected chi connectivity index (χ2v) is 5.61. The molecule has 0 unspecified atom stereocenters. The van der Waals surface area contributed by atoms with Gasteiger partial charge in [-0.05, 0) is 31.9 Å². The Morgan fingerprint density at radius 3 is 2.77 bits per heavy atom. The Morgan fingerprint density at radius 2 is 2.05 bits per heavy atom. The molecule has 22 heavy (non-hydrogen) atoms. The van der Waals surface area contributed by atoms with Crippen molar-refractivity contribution >= 4 is 11.7 Å². The molecule has 3 rings (SSSR count). The fourth-order valence-electron chi connectivity index (χ4n) is 2.88. The predicted octanol–water partition coefficient (Wildman–Crippen LogP) is 3.84. The van der Waals surface area contributed by atoms with Crippen molar-refractivity contribution in [2.24, 2.45) is 0 Å². The van der Waals surface area contributed by atoms with Crippen LogP contribution >= 0.6 is 0 Å². The van der Waals surface area contributed by atoms with Gasteiger partial charge in [0.1, 0.15) is 5.82 Å². The molecule has 1 saturated carbocycles. The van der Waals surface area contributed by atoms with Crippen molar-refractivity contribution in [2.75, 3.05) is 5.32 Å². The van der Waals surface area contributed by atoms with Crippen LogP contribution in [0.3, 0.4) is 0 Å². The number of anilines is 1. The predicted molar refractivity (Wildman–Crippen MR) is 78.8 cm³/mol. The summed E-state index contributed by atoms with van der Waals surface area (Å²) in [5.74, 6) is -2.28. The lowest BCUT2D eigenvalue weighted by Crippen LogP contribution is -2.19. The summed E-state index contributed by atoms with van der Waals surface area (Å²) in [6.07, 6.45) is 5.97. The maximum Gasteiger partial charge on any atom is 0.259 e. The molecule has 1 aromatic carbocycles. The molecule has 1 fully saturated rings. The van der Waals surface area contributed by atoms with E-state index in [1.54, 1.807) is 10.9 Å². The SMILES string of the molecule is Cc1cnn(C2CCCC2)c1NC(=O)c1cccc(F)c1F. The highest BCUT2D eigenvalue weighted by Gasteiger charge is 2.23. The Labute approximate surface area is 127 Å². The first-order chi connectivity index (χ1) is 10.6. The summed E-state index contributed by atoms with van der Waals surface area (Å²) < 4.78 is 28.8. The molecule has 1 aliphatic rings. The number of benzene rings is 1. The third-order valence-electron chi connectivity index (χ3n) is 4.08. The van der Waals surface area contributed by atoms with Crippen LogP contribution in [-0.4, -0.2) is 15.7 Å². The Balaban J connectivity index is 1.88. The highest BCUT2D eigenvalue weighted by Crippen LogP contribution is 2.32. The summed E-state index contributed by atoms with van der Waals surface area (Å²) >= 11 is 0. The number of rotatable bonds is 3. The molecule has 1 N–H and O–H groups in total. The van der Waals surface area contributed by atoms with Gasteiger partial charge in [0, 0.05) is 5.56 Å². The molecule has 116 valence electrons. The van der Waals surface area contributed by atoms with Gasteiger partial charge in [0.25, 0.3) is 5.91 Å². The van der Waals surface area contributed by atoms with E-state index in [4.69, 9.17) is 0 Å². The summed E-state index contributed by atoms with van der Waals surface area (Å²) in [5.41, 5.74) is 0.496. The maximum absolute atomic E-state index is 13.7. The van der Waals surface area contributed by atoms with E-state index in [-0.39, 0.29) is 11.6 Å². The van der Waals surface area contributed by atoms with Gasteiger partial charge in [-0.1, -0.05) is 18.9 Å². The Hall–Kier alpha value is -2.24. The minimum atomic E-state index is -1.13. The van der Waals surface area contributed by atoms with Crippen molar-refractivity contribution in [3.63, 3.8) is 0 Å². The van der Waals surface area contributed by atoms with E-state index in [0.29, 0.717) is 5.82 Å². The van der Waals surface area contributed by atoms with Crippen LogP contribution in [-0.2, 0) is 0 Å². The molecule has 1 heterocycles. The molecule has 0 atom stereocenters. The Kier molecular flexibility index (Phi) is 3.92. The number of halogens is 2. The zero-order valence-corrected chi connectivity index (χ0v) is 12.3. The molecule has 0 radical (unpaired) electrons. The second-order valence-electron chi connectivity index (χ2n) is 5.61. The molecule has 0 saturated heterocycles. The molecular formula is C16H17F2N3O. The highest BCUT2D eigenvalue weighted by atomic mass is 19.2. The standard InChI is InChI=1S/C16H17F2N3O/c1-10-9-19-21(11-5-2-3-6-11)15(10)20-16(22)12-7-4-8-13(17)14(12)18/h4,7-9,11H,2-3,5-6H2,1H3,(H,20,22). The van der Waals surface area contributed by atoms with Crippen LogP contribution in [0.4, 0.5) is 14.6 Å². The first-order valence-electron chi connectivity index (χ1n) is 7.37. The maximum atomic E-state index is 13.7. The van der Waals surface area contributed by atoms with Crippen LogP contribution in [0.1, 0.15) is 47.6 Å². The van der Waals surface area contributed by atoms with Crippen LogP contribution in [0, 0.1) is 18.6 Å². The number of hydrogen-bond donors (Lipinski definition) is 1. The first kappa shape index (κ1) is 14.7. The average Bonchev–Trinajstić information content (AvgIpc) is 3.13. The third-order valence-corrected chi connectivity index (χ3v) is 4.08. The van der Waals surface area contributed by atoms with Gasteiger partial charge in [0.15, 0.2) is 11.6 Å². The smallest absolute Gasteiger partial charge is 0.259 e. The van der Waals surface area contributed by atoms with Gasteiger partial charge in [-0.15, -0.1) is 0 Å². The Morgan fingerprint density at radius 1 is 1.32 bits per heavy atom. The third kappa shape index (κ3) is 2.61. The van der Waals surface area contributed by atoms with Gasteiger partial charge in [0.2, 0.25) is 0 Å². The van der Waals surface area contributed by atoms with Crippen LogP contribution < -0.4 is 5.32 Å². The lowest BCUT2D eigenvalue weighted by Gasteiger charge is -2.15. The van der Waals surface area contributed by atoms with Gasteiger partial charge in [-0.2, -0.15) is 5.10 Å². The number of amides is 1. The minimum absolute atomic E-state index is 0.251. The largest absolute Gasteiger partial charge is 0.306 e. The molecule has 1 aliphatic carbocycles. The van der Waals surface area contributed by atoms with Crippen molar-refractivity contribution in [3.8, 4) is 0 Å². The molecule has 4 nitrogen and oxygen atoms in total. The van der Waals surface area contributed by atoms with Crippen LogP contribution in [0.2, 0.25) is 0 Å². The van der Waals surface area contributed by atoms with Gasteiger partial charge in [-0.3, -0.25) is 4.79 Å². The lowest BCUT2D eigenvalue weighted by atomic mass is 10.2. The van der Waals surface area contributed by atoms with Crippen molar-refractivity contribution in [1.29, 1.82) is 0 Å². The van der Waals surface area contributed by atoms with Crippen molar-refractivity contribution in [1.82, 2.24) is 9.78 Å². The minimum Gasteiger partial charge on any atom is -0.306 e. The van der Waals surface area contributed by atoms with Crippen molar-refractivity contribution in [2.45, 2.75) is 38.6 Å². The van der Waals surface area contributed by atoms with E-state index in [9.17, 15) is 13.6 Å². The number of nitrogens with one attached hydrogen (secondary N) is 1.